The van der Waals surface area contributed by atoms with Gasteiger partial charge in [-0.15, -0.1) is 22.9 Å². The van der Waals surface area contributed by atoms with Crippen LogP contribution in [0.15, 0.2) is 15.2 Å². The van der Waals surface area contributed by atoms with E-state index in [-0.39, 0.29) is 11.9 Å². The number of carbonyl (C=O) groups excluding carboxylic acids is 1. The molecule has 2 rings (SSSR count). The van der Waals surface area contributed by atoms with E-state index in [9.17, 15) is 4.79 Å². The summed E-state index contributed by atoms with van der Waals surface area (Å²) >= 11 is 10.9. The van der Waals surface area contributed by atoms with E-state index in [1.54, 1.807) is 0 Å². The summed E-state index contributed by atoms with van der Waals surface area (Å²) in [6.45, 7) is 0. The third-order valence-corrected chi connectivity index (χ3v) is 5.15. The van der Waals surface area contributed by atoms with E-state index in [0.717, 1.165) is 22.2 Å². The first-order valence-electron chi connectivity index (χ1n) is 5.81. The van der Waals surface area contributed by atoms with Gasteiger partial charge in [0.15, 0.2) is 0 Å². The average Bonchev–Trinajstić information content (AvgIpc) is 2.77. The summed E-state index contributed by atoms with van der Waals surface area (Å²) < 4.78 is 0.986. The topological polar surface area (TPSA) is 29.1 Å². The second-order valence-corrected chi connectivity index (χ2v) is 7.02. The molecule has 1 heterocycles. The van der Waals surface area contributed by atoms with Crippen LogP contribution in [-0.4, -0.2) is 17.8 Å². The molecular weight excluding hydrogens is 322 g/mol. The molecular formula is C12H15BrClNOS. The van der Waals surface area contributed by atoms with Crippen molar-refractivity contribution in [1.82, 2.24) is 5.32 Å². The van der Waals surface area contributed by atoms with E-state index in [2.05, 4.69) is 21.2 Å². The highest BCUT2D eigenvalue weighted by atomic mass is 79.9. The number of amides is 1. The minimum atomic E-state index is 0.0222. The maximum Gasteiger partial charge on any atom is 0.252 e. The monoisotopic (exact) mass is 335 g/mol. The van der Waals surface area contributed by atoms with Crippen molar-refractivity contribution in [2.75, 3.05) is 5.88 Å². The summed E-state index contributed by atoms with van der Waals surface area (Å²) in [5.41, 5.74) is 0.737. The molecule has 1 amide bonds. The Balaban J connectivity index is 1.97. The van der Waals surface area contributed by atoms with Crippen molar-refractivity contribution in [2.24, 2.45) is 5.92 Å². The molecule has 0 bridgehead atoms. The molecule has 17 heavy (non-hydrogen) atoms. The number of rotatable bonds is 3. The molecule has 2 unspecified atom stereocenters. The zero-order valence-electron chi connectivity index (χ0n) is 9.42. The lowest BCUT2D eigenvalue weighted by atomic mass is 9.85. The molecule has 0 aromatic carbocycles. The Hall–Kier alpha value is -0.0600. The van der Waals surface area contributed by atoms with Crippen molar-refractivity contribution in [3.05, 3.63) is 20.8 Å². The van der Waals surface area contributed by atoms with E-state index in [4.69, 9.17) is 11.6 Å². The van der Waals surface area contributed by atoms with Crippen LogP contribution in [0.1, 0.15) is 36.0 Å². The molecule has 2 nitrogen and oxygen atoms in total. The highest BCUT2D eigenvalue weighted by Gasteiger charge is 2.26. The normalized spacial score (nSPS) is 24.6. The molecule has 1 aromatic rings. The predicted molar refractivity (Wildman–Crippen MR) is 76.0 cm³/mol. The smallest absolute Gasteiger partial charge is 0.252 e. The molecule has 94 valence electrons. The molecule has 1 N–H and O–H groups in total. The Morgan fingerprint density at radius 2 is 2.29 bits per heavy atom. The van der Waals surface area contributed by atoms with Gasteiger partial charge in [0, 0.05) is 17.3 Å². The average molecular weight is 337 g/mol. The number of nitrogens with one attached hydrogen (secondary N) is 1. The third-order valence-electron chi connectivity index (χ3n) is 3.25. The van der Waals surface area contributed by atoms with E-state index in [1.165, 1.54) is 24.2 Å². The Morgan fingerprint density at radius 1 is 1.53 bits per heavy atom. The fourth-order valence-corrected chi connectivity index (χ4v) is 3.77. The van der Waals surface area contributed by atoms with Gasteiger partial charge in [0.25, 0.3) is 5.91 Å². The molecule has 1 saturated carbocycles. The largest absolute Gasteiger partial charge is 0.349 e. The van der Waals surface area contributed by atoms with Gasteiger partial charge in [0.05, 0.1) is 9.35 Å². The Kier molecular flexibility index (Phi) is 4.88. The standard InChI is InChI=1S/C12H15BrClNOS/c13-11-5-9(7-17-11)12(16)15-10-4-2-1-3-8(10)6-14/h5,7-8,10H,1-4,6H2,(H,15,16). The van der Waals surface area contributed by atoms with Crippen molar-refractivity contribution in [2.45, 2.75) is 31.7 Å². The maximum atomic E-state index is 12.0. The van der Waals surface area contributed by atoms with Crippen molar-refractivity contribution in [3.63, 3.8) is 0 Å². The van der Waals surface area contributed by atoms with Crippen LogP contribution in [0.4, 0.5) is 0 Å². The fourth-order valence-electron chi connectivity index (χ4n) is 2.26. The Morgan fingerprint density at radius 3 is 2.94 bits per heavy atom. The molecule has 0 aliphatic heterocycles. The van der Waals surface area contributed by atoms with Gasteiger partial charge in [0.2, 0.25) is 0 Å². The first kappa shape index (κ1) is 13.4. The highest BCUT2D eigenvalue weighted by molar-refractivity contribution is 9.11. The van der Waals surface area contributed by atoms with Crippen LogP contribution < -0.4 is 5.32 Å². The van der Waals surface area contributed by atoms with Gasteiger partial charge in [-0.3, -0.25) is 4.79 Å². The van der Waals surface area contributed by atoms with Crippen LogP contribution in [0.25, 0.3) is 0 Å². The SMILES string of the molecule is O=C(NC1CCCCC1CCl)c1csc(Br)c1. The second-order valence-electron chi connectivity index (χ2n) is 4.42. The Labute approximate surface area is 119 Å². The minimum absolute atomic E-state index is 0.0222. The molecule has 0 saturated heterocycles. The van der Waals surface area contributed by atoms with Gasteiger partial charge in [-0.2, -0.15) is 0 Å². The molecule has 1 aliphatic rings. The molecule has 0 spiro atoms. The summed E-state index contributed by atoms with van der Waals surface area (Å²) in [6, 6.07) is 2.10. The van der Waals surface area contributed by atoms with Crippen LogP contribution in [0.5, 0.6) is 0 Å². The zero-order valence-corrected chi connectivity index (χ0v) is 12.6. The lowest BCUT2D eigenvalue weighted by Gasteiger charge is -2.30. The zero-order chi connectivity index (χ0) is 12.3. The van der Waals surface area contributed by atoms with Gasteiger partial charge in [0.1, 0.15) is 0 Å². The van der Waals surface area contributed by atoms with E-state index >= 15 is 0 Å². The third kappa shape index (κ3) is 3.46. The molecule has 5 heteroatoms. The lowest BCUT2D eigenvalue weighted by molar-refractivity contribution is 0.0911. The van der Waals surface area contributed by atoms with E-state index in [1.807, 2.05) is 11.4 Å². The summed E-state index contributed by atoms with van der Waals surface area (Å²) in [5, 5.41) is 4.98. The summed E-state index contributed by atoms with van der Waals surface area (Å²) in [4.78, 5) is 12.0. The van der Waals surface area contributed by atoms with E-state index < -0.39 is 0 Å². The number of alkyl halides is 1. The van der Waals surface area contributed by atoms with Gasteiger partial charge >= 0.3 is 0 Å². The molecule has 1 fully saturated rings. The maximum absolute atomic E-state index is 12.0. The molecule has 0 radical (unpaired) electrons. The summed E-state index contributed by atoms with van der Waals surface area (Å²) in [6.07, 6.45) is 4.59. The second kappa shape index (κ2) is 6.21. The quantitative estimate of drug-likeness (QED) is 0.829. The van der Waals surface area contributed by atoms with E-state index in [0.29, 0.717) is 11.8 Å². The molecule has 1 aliphatic carbocycles. The number of carbonyl (C=O) groups is 1. The van der Waals surface area contributed by atoms with Crippen LogP contribution >= 0.6 is 38.9 Å². The molecule has 2 atom stereocenters. The number of halogens is 2. The van der Waals surface area contributed by atoms with Gasteiger partial charge in [-0.05, 0) is 40.8 Å². The first-order valence-corrected chi connectivity index (χ1v) is 8.02. The van der Waals surface area contributed by atoms with Crippen LogP contribution in [0.2, 0.25) is 0 Å². The van der Waals surface area contributed by atoms with Crippen LogP contribution in [-0.2, 0) is 0 Å². The predicted octanol–water partition coefficient (Wildman–Crippen LogP) is 4.04. The van der Waals surface area contributed by atoms with Gasteiger partial charge in [-0.25, -0.2) is 0 Å². The number of hydrogen-bond donors (Lipinski definition) is 1. The van der Waals surface area contributed by atoms with Crippen molar-refractivity contribution in [1.29, 1.82) is 0 Å². The van der Waals surface area contributed by atoms with Crippen molar-refractivity contribution in [3.8, 4) is 0 Å². The van der Waals surface area contributed by atoms with Crippen molar-refractivity contribution < 1.29 is 4.79 Å². The Bertz CT molecular complexity index is 396. The van der Waals surface area contributed by atoms with Gasteiger partial charge < -0.3 is 5.32 Å². The minimum Gasteiger partial charge on any atom is -0.349 e. The van der Waals surface area contributed by atoms with Crippen molar-refractivity contribution >= 4 is 44.8 Å². The number of thiophene rings is 1. The summed E-state index contributed by atoms with van der Waals surface area (Å²) in [5.74, 6) is 1.09. The fraction of sp³-hybridized carbons (Fsp3) is 0.583. The summed E-state index contributed by atoms with van der Waals surface area (Å²) in [7, 11) is 0. The van der Waals surface area contributed by atoms with Crippen LogP contribution in [0, 0.1) is 5.92 Å². The lowest BCUT2D eigenvalue weighted by Crippen LogP contribution is -2.42. The van der Waals surface area contributed by atoms with Crippen LogP contribution in [0.3, 0.4) is 0 Å². The highest BCUT2D eigenvalue weighted by Crippen LogP contribution is 2.26. The van der Waals surface area contributed by atoms with Gasteiger partial charge in [-0.1, -0.05) is 12.8 Å². The number of hydrogen-bond acceptors (Lipinski definition) is 2. The first-order chi connectivity index (χ1) is 8.20. The molecule has 1 aromatic heterocycles.